The molecule has 0 spiro atoms. The molecule has 1 aromatic rings. The predicted octanol–water partition coefficient (Wildman–Crippen LogP) is 2.82. The molecule has 23 heavy (non-hydrogen) atoms. The van der Waals surface area contributed by atoms with Crippen LogP contribution in [0.4, 0.5) is 0 Å². The maximum absolute atomic E-state index is 12.6. The molecule has 3 atom stereocenters. The van der Waals surface area contributed by atoms with Crippen molar-refractivity contribution < 1.29 is 9.53 Å². The van der Waals surface area contributed by atoms with Crippen LogP contribution in [0.15, 0.2) is 35.2 Å². The zero-order chi connectivity index (χ0) is 17.1. The number of hydrogen-bond donors (Lipinski definition) is 2. The van der Waals surface area contributed by atoms with Crippen LogP contribution in [0, 0.1) is 5.41 Å². The maximum Gasteiger partial charge on any atom is 0.240 e. The Morgan fingerprint density at radius 3 is 2.65 bits per heavy atom. The molecule has 1 saturated carbocycles. The van der Waals surface area contributed by atoms with E-state index in [0.29, 0.717) is 19.6 Å². The smallest absolute Gasteiger partial charge is 0.240 e. The van der Waals surface area contributed by atoms with Crippen LogP contribution in [0.2, 0.25) is 0 Å². The third-order valence-corrected chi connectivity index (χ3v) is 5.98. The number of nitrogens with two attached hydrogens (primary N) is 1. The molecule has 1 amide bonds. The van der Waals surface area contributed by atoms with Crippen molar-refractivity contribution in [3.63, 3.8) is 0 Å². The Hall–Kier alpha value is -1.04. The Bertz CT molecular complexity index is 535. The second kappa shape index (κ2) is 7.24. The third-order valence-electron chi connectivity index (χ3n) is 4.87. The minimum absolute atomic E-state index is 0.0550. The summed E-state index contributed by atoms with van der Waals surface area (Å²) in [5, 5.41) is 3.31. The number of amides is 1. The molecule has 0 radical (unpaired) electrons. The normalized spacial score (nSPS) is 27.1. The van der Waals surface area contributed by atoms with Crippen molar-refractivity contribution in [3.05, 3.63) is 30.3 Å². The Morgan fingerprint density at radius 2 is 2.09 bits per heavy atom. The standard InChI is InChI=1S/C18H28N2O2S/c1-5-22-15-11-18(19,17(15,3)4)16(21)20-12-13(2)23-14-9-7-6-8-10-14/h6-10,13,15H,5,11-12,19H2,1-4H3,(H,20,21). The van der Waals surface area contributed by atoms with Gasteiger partial charge in [-0.3, -0.25) is 4.79 Å². The van der Waals surface area contributed by atoms with E-state index in [1.165, 1.54) is 4.90 Å². The van der Waals surface area contributed by atoms with Crippen molar-refractivity contribution in [2.24, 2.45) is 11.1 Å². The number of carbonyl (C=O) groups is 1. The number of rotatable bonds is 7. The fraction of sp³-hybridized carbons (Fsp3) is 0.611. The van der Waals surface area contributed by atoms with Crippen molar-refractivity contribution in [1.29, 1.82) is 0 Å². The first-order valence-electron chi connectivity index (χ1n) is 8.21. The van der Waals surface area contributed by atoms with Gasteiger partial charge in [-0.25, -0.2) is 0 Å². The number of nitrogens with one attached hydrogen (secondary N) is 1. The Balaban J connectivity index is 1.85. The van der Waals surface area contributed by atoms with Crippen LogP contribution in [0.3, 0.4) is 0 Å². The topological polar surface area (TPSA) is 64.3 Å². The van der Waals surface area contributed by atoms with E-state index in [1.807, 2.05) is 39.0 Å². The van der Waals surface area contributed by atoms with E-state index >= 15 is 0 Å². The molecular formula is C18H28N2O2S. The van der Waals surface area contributed by atoms with E-state index in [0.717, 1.165) is 0 Å². The molecule has 1 aromatic carbocycles. The van der Waals surface area contributed by atoms with Crippen LogP contribution in [0.25, 0.3) is 0 Å². The van der Waals surface area contributed by atoms with Crippen LogP contribution >= 0.6 is 11.8 Å². The van der Waals surface area contributed by atoms with E-state index < -0.39 is 5.54 Å². The molecule has 0 aromatic heterocycles. The number of carbonyl (C=O) groups excluding carboxylic acids is 1. The van der Waals surface area contributed by atoms with E-state index in [9.17, 15) is 4.79 Å². The largest absolute Gasteiger partial charge is 0.378 e. The number of benzene rings is 1. The molecule has 0 bridgehead atoms. The molecule has 0 heterocycles. The van der Waals surface area contributed by atoms with Gasteiger partial charge in [0.15, 0.2) is 0 Å². The molecule has 0 saturated heterocycles. The second-order valence-corrected chi connectivity index (χ2v) is 8.30. The summed E-state index contributed by atoms with van der Waals surface area (Å²) in [6, 6.07) is 10.2. The zero-order valence-corrected chi connectivity index (χ0v) is 15.3. The lowest BCUT2D eigenvalue weighted by Gasteiger charge is -2.57. The minimum Gasteiger partial charge on any atom is -0.378 e. The summed E-state index contributed by atoms with van der Waals surface area (Å²) >= 11 is 1.75. The molecule has 1 fully saturated rings. The predicted molar refractivity (Wildman–Crippen MR) is 95.5 cm³/mol. The first-order chi connectivity index (χ1) is 10.8. The van der Waals surface area contributed by atoms with Crippen molar-refractivity contribution in [2.75, 3.05) is 13.2 Å². The van der Waals surface area contributed by atoms with Gasteiger partial charge in [0.05, 0.1) is 6.10 Å². The lowest BCUT2D eigenvalue weighted by molar-refractivity contribution is -0.170. The van der Waals surface area contributed by atoms with Crippen molar-refractivity contribution in [2.45, 2.75) is 55.9 Å². The molecule has 3 unspecified atom stereocenters. The van der Waals surface area contributed by atoms with Gasteiger partial charge in [0.25, 0.3) is 0 Å². The van der Waals surface area contributed by atoms with Gasteiger partial charge in [-0.2, -0.15) is 0 Å². The first kappa shape index (κ1) is 18.3. The fourth-order valence-corrected chi connectivity index (χ4v) is 3.93. The highest BCUT2D eigenvalue weighted by Gasteiger charge is 2.62. The van der Waals surface area contributed by atoms with Crippen LogP contribution in [-0.2, 0) is 9.53 Å². The summed E-state index contributed by atoms with van der Waals surface area (Å²) in [7, 11) is 0. The molecule has 1 aliphatic rings. The highest BCUT2D eigenvalue weighted by molar-refractivity contribution is 8.00. The first-order valence-corrected chi connectivity index (χ1v) is 9.09. The Morgan fingerprint density at radius 1 is 1.43 bits per heavy atom. The van der Waals surface area contributed by atoms with Gasteiger partial charge in [0.1, 0.15) is 5.54 Å². The van der Waals surface area contributed by atoms with Crippen LogP contribution < -0.4 is 11.1 Å². The number of thioether (sulfide) groups is 1. The quantitative estimate of drug-likeness (QED) is 0.752. The van der Waals surface area contributed by atoms with Crippen LogP contribution in [-0.4, -0.2) is 36.0 Å². The van der Waals surface area contributed by atoms with Gasteiger partial charge in [-0.15, -0.1) is 11.8 Å². The van der Waals surface area contributed by atoms with Crippen molar-refractivity contribution >= 4 is 17.7 Å². The summed E-state index contributed by atoms with van der Waals surface area (Å²) in [5.41, 5.74) is 5.20. The van der Waals surface area contributed by atoms with E-state index in [4.69, 9.17) is 10.5 Å². The average molecular weight is 337 g/mol. The zero-order valence-electron chi connectivity index (χ0n) is 14.5. The van der Waals surface area contributed by atoms with E-state index in [-0.39, 0.29) is 22.7 Å². The van der Waals surface area contributed by atoms with Crippen molar-refractivity contribution in [3.8, 4) is 0 Å². The SMILES string of the molecule is CCOC1CC(N)(C(=O)NCC(C)Sc2ccccc2)C1(C)C. The Labute approximate surface area is 143 Å². The number of hydrogen-bond acceptors (Lipinski definition) is 4. The summed E-state index contributed by atoms with van der Waals surface area (Å²) < 4.78 is 5.68. The van der Waals surface area contributed by atoms with Gasteiger partial charge in [-0.05, 0) is 19.1 Å². The maximum atomic E-state index is 12.6. The van der Waals surface area contributed by atoms with Gasteiger partial charge >= 0.3 is 0 Å². The minimum atomic E-state index is -0.843. The molecule has 3 N–H and O–H groups in total. The molecule has 1 aliphatic carbocycles. The van der Waals surface area contributed by atoms with Crippen LogP contribution in [0.1, 0.15) is 34.1 Å². The van der Waals surface area contributed by atoms with E-state index in [1.54, 1.807) is 11.8 Å². The summed E-state index contributed by atoms with van der Waals surface area (Å²) in [6.45, 7) is 9.35. The summed E-state index contributed by atoms with van der Waals surface area (Å²) in [4.78, 5) is 13.8. The molecule has 128 valence electrons. The van der Waals surface area contributed by atoms with Gasteiger partial charge in [-0.1, -0.05) is 39.0 Å². The third kappa shape index (κ3) is 3.73. The highest BCUT2D eigenvalue weighted by atomic mass is 32.2. The average Bonchev–Trinajstić information content (AvgIpc) is 2.53. The van der Waals surface area contributed by atoms with Crippen LogP contribution in [0.5, 0.6) is 0 Å². The highest BCUT2D eigenvalue weighted by Crippen LogP contribution is 2.49. The lowest BCUT2D eigenvalue weighted by atomic mass is 9.54. The summed E-state index contributed by atoms with van der Waals surface area (Å²) in [6.07, 6.45) is 0.638. The fourth-order valence-electron chi connectivity index (χ4n) is 2.99. The molecular weight excluding hydrogens is 308 g/mol. The van der Waals surface area contributed by atoms with Gasteiger partial charge < -0.3 is 15.8 Å². The monoisotopic (exact) mass is 336 g/mol. The molecule has 4 nitrogen and oxygen atoms in total. The molecule has 5 heteroatoms. The lowest BCUT2D eigenvalue weighted by Crippen LogP contribution is -2.75. The Kier molecular flexibility index (Phi) is 5.76. The van der Waals surface area contributed by atoms with Gasteiger partial charge in [0.2, 0.25) is 5.91 Å². The molecule has 0 aliphatic heterocycles. The van der Waals surface area contributed by atoms with Crippen molar-refractivity contribution in [1.82, 2.24) is 5.32 Å². The van der Waals surface area contributed by atoms with Gasteiger partial charge in [0, 0.05) is 35.1 Å². The summed E-state index contributed by atoms with van der Waals surface area (Å²) in [5.74, 6) is -0.0704. The second-order valence-electron chi connectivity index (χ2n) is 6.79. The molecule has 2 rings (SSSR count). The van der Waals surface area contributed by atoms with E-state index in [2.05, 4.69) is 24.4 Å². The number of ether oxygens (including phenoxy) is 1.